The summed E-state index contributed by atoms with van der Waals surface area (Å²) in [6.45, 7) is 1.19. The third kappa shape index (κ3) is 4.54. The fourth-order valence-corrected chi connectivity index (χ4v) is 2.62. The first-order valence-corrected chi connectivity index (χ1v) is 8.64. The van der Waals surface area contributed by atoms with Gasteiger partial charge in [0, 0.05) is 6.54 Å². The van der Waals surface area contributed by atoms with Crippen LogP contribution in [-0.2, 0) is 6.61 Å². The fraction of sp³-hybridized carbons (Fsp3) is 0.143. The lowest BCUT2D eigenvalue weighted by Gasteiger charge is -2.14. The molecule has 0 saturated carbocycles. The first-order chi connectivity index (χ1) is 12.7. The van der Waals surface area contributed by atoms with Gasteiger partial charge < -0.3 is 15.2 Å². The highest BCUT2D eigenvalue weighted by Crippen LogP contribution is 2.34. The van der Waals surface area contributed by atoms with Crippen LogP contribution in [-0.4, -0.2) is 13.2 Å². The van der Waals surface area contributed by atoms with E-state index >= 15 is 0 Å². The van der Waals surface area contributed by atoms with Crippen LogP contribution in [0.1, 0.15) is 5.56 Å². The molecule has 0 aliphatic carbocycles. The highest BCUT2D eigenvalue weighted by atomic mass is 35.5. The molecule has 0 saturated heterocycles. The van der Waals surface area contributed by atoms with Crippen LogP contribution >= 0.6 is 11.6 Å². The van der Waals surface area contributed by atoms with Crippen molar-refractivity contribution in [2.45, 2.75) is 6.61 Å². The average molecular weight is 372 g/mol. The van der Waals surface area contributed by atoms with Gasteiger partial charge in [-0.3, -0.25) is 0 Å². The van der Waals surface area contributed by atoms with Crippen LogP contribution in [0.2, 0.25) is 5.02 Å². The van der Waals surface area contributed by atoms with Crippen LogP contribution in [0.4, 0.5) is 4.39 Å². The van der Waals surface area contributed by atoms with Crippen LogP contribution in [0.3, 0.4) is 0 Å². The highest BCUT2D eigenvalue weighted by molar-refractivity contribution is 6.30. The van der Waals surface area contributed by atoms with Crippen molar-refractivity contribution in [1.29, 1.82) is 0 Å². The quantitative estimate of drug-likeness (QED) is 0.631. The molecule has 3 aromatic carbocycles. The van der Waals surface area contributed by atoms with E-state index in [4.69, 9.17) is 26.8 Å². The molecular formula is C21H19ClFNO2. The summed E-state index contributed by atoms with van der Waals surface area (Å²) in [5.41, 5.74) is 8.08. The van der Waals surface area contributed by atoms with Gasteiger partial charge in [0.2, 0.25) is 0 Å². The summed E-state index contributed by atoms with van der Waals surface area (Å²) < 4.78 is 25.4. The van der Waals surface area contributed by atoms with E-state index in [0.717, 1.165) is 11.1 Å². The number of nitrogens with two attached hydrogens (primary N) is 1. The van der Waals surface area contributed by atoms with Crippen molar-refractivity contribution in [3.05, 3.63) is 83.1 Å². The minimum Gasteiger partial charge on any atom is -0.488 e. The number of hydrogen-bond donors (Lipinski definition) is 1. The number of benzene rings is 3. The van der Waals surface area contributed by atoms with Crippen LogP contribution < -0.4 is 15.2 Å². The molecule has 0 fully saturated rings. The van der Waals surface area contributed by atoms with Crippen LogP contribution in [0, 0.1) is 5.82 Å². The molecule has 3 nitrogen and oxygen atoms in total. The third-order valence-corrected chi connectivity index (χ3v) is 4.12. The lowest BCUT2D eigenvalue weighted by molar-refractivity contribution is 0.266. The van der Waals surface area contributed by atoms with Crippen molar-refractivity contribution in [2.75, 3.05) is 13.2 Å². The molecule has 3 aromatic rings. The van der Waals surface area contributed by atoms with Crippen molar-refractivity contribution in [2.24, 2.45) is 5.73 Å². The first-order valence-electron chi connectivity index (χ1n) is 8.26. The molecular weight excluding hydrogens is 353 g/mol. The number of ether oxygens (including phenoxy) is 2. The van der Waals surface area contributed by atoms with Gasteiger partial charge in [0.25, 0.3) is 0 Å². The van der Waals surface area contributed by atoms with Gasteiger partial charge in [-0.15, -0.1) is 0 Å². The molecule has 0 amide bonds. The van der Waals surface area contributed by atoms with E-state index < -0.39 is 5.82 Å². The van der Waals surface area contributed by atoms with Gasteiger partial charge in [-0.2, -0.15) is 0 Å². The smallest absolute Gasteiger partial charge is 0.162 e. The van der Waals surface area contributed by atoms with E-state index in [1.165, 1.54) is 12.1 Å². The fourth-order valence-electron chi connectivity index (χ4n) is 2.50. The molecule has 0 heterocycles. The lowest BCUT2D eigenvalue weighted by Crippen LogP contribution is -2.11. The molecule has 0 aromatic heterocycles. The van der Waals surface area contributed by atoms with Crippen LogP contribution in [0.15, 0.2) is 66.7 Å². The summed E-state index contributed by atoms with van der Waals surface area (Å²) in [4.78, 5) is 0. The SMILES string of the molecule is NCCOc1ccc(-c2ccc(Cl)c(F)c2)cc1OCc1ccccc1. The molecule has 5 heteroatoms. The molecule has 26 heavy (non-hydrogen) atoms. The molecule has 0 atom stereocenters. The van der Waals surface area contributed by atoms with E-state index in [0.29, 0.717) is 36.8 Å². The standard InChI is InChI=1S/C21H19ClFNO2/c22-18-8-6-16(12-19(18)23)17-7-9-20(25-11-10-24)21(13-17)26-14-15-4-2-1-3-5-15/h1-9,12-13H,10-11,14,24H2. The van der Waals surface area contributed by atoms with Gasteiger partial charge in [0.1, 0.15) is 19.0 Å². The molecule has 0 radical (unpaired) electrons. The Morgan fingerprint density at radius 1 is 0.846 bits per heavy atom. The topological polar surface area (TPSA) is 44.5 Å². The maximum Gasteiger partial charge on any atom is 0.162 e. The summed E-state index contributed by atoms with van der Waals surface area (Å²) in [5.74, 6) is 0.721. The van der Waals surface area contributed by atoms with E-state index in [-0.39, 0.29) is 5.02 Å². The second kappa shape index (κ2) is 8.70. The maximum atomic E-state index is 13.8. The predicted molar refractivity (Wildman–Crippen MR) is 102 cm³/mol. The number of rotatable bonds is 7. The van der Waals surface area contributed by atoms with E-state index in [2.05, 4.69) is 0 Å². The van der Waals surface area contributed by atoms with Crippen molar-refractivity contribution in [3.63, 3.8) is 0 Å². The van der Waals surface area contributed by atoms with Gasteiger partial charge in [-0.25, -0.2) is 4.39 Å². The van der Waals surface area contributed by atoms with Crippen molar-refractivity contribution in [1.82, 2.24) is 0 Å². The first kappa shape index (κ1) is 18.2. The van der Waals surface area contributed by atoms with Gasteiger partial charge in [0.15, 0.2) is 11.5 Å². The summed E-state index contributed by atoms with van der Waals surface area (Å²) in [7, 11) is 0. The van der Waals surface area contributed by atoms with E-state index in [9.17, 15) is 4.39 Å². The van der Waals surface area contributed by atoms with Gasteiger partial charge in [-0.1, -0.05) is 54.1 Å². The van der Waals surface area contributed by atoms with E-state index in [1.54, 1.807) is 12.1 Å². The molecule has 3 rings (SSSR count). The third-order valence-electron chi connectivity index (χ3n) is 3.81. The normalized spacial score (nSPS) is 10.6. The Bertz CT molecular complexity index is 871. The molecule has 2 N–H and O–H groups in total. The lowest BCUT2D eigenvalue weighted by atomic mass is 10.0. The zero-order chi connectivity index (χ0) is 18.4. The Balaban J connectivity index is 1.88. The predicted octanol–water partition coefficient (Wildman–Crippen LogP) is 5.06. The Hall–Kier alpha value is -2.56. The Labute approximate surface area is 157 Å². The average Bonchev–Trinajstić information content (AvgIpc) is 2.68. The molecule has 0 bridgehead atoms. The summed E-state index contributed by atoms with van der Waals surface area (Å²) in [6.07, 6.45) is 0. The summed E-state index contributed by atoms with van der Waals surface area (Å²) >= 11 is 5.77. The monoisotopic (exact) mass is 371 g/mol. The van der Waals surface area contributed by atoms with Gasteiger partial charge >= 0.3 is 0 Å². The minimum absolute atomic E-state index is 0.0946. The van der Waals surface area contributed by atoms with Crippen molar-refractivity contribution >= 4 is 11.6 Å². The Morgan fingerprint density at radius 3 is 2.31 bits per heavy atom. The maximum absolute atomic E-state index is 13.8. The van der Waals surface area contributed by atoms with Crippen LogP contribution in [0.5, 0.6) is 11.5 Å². The molecule has 0 aliphatic heterocycles. The molecule has 0 aliphatic rings. The van der Waals surface area contributed by atoms with Gasteiger partial charge in [0.05, 0.1) is 5.02 Å². The molecule has 134 valence electrons. The zero-order valence-corrected chi connectivity index (χ0v) is 14.9. The summed E-state index contributed by atoms with van der Waals surface area (Å²) in [5, 5.41) is 0.0946. The van der Waals surface area contributed by atoms with Gasteiger partial charge in [-0.05, 0) is 41.0 Å². The second-order valence-corrected chi connectivity index (χ2v) is 6.11. The van der Waals surface area contributed by atoms with E-state index in [1.807, 2.05) is 42.5 Å². The summed E-state index contributed by atoms with van der Waals surface area (Å²) in [6, 6.07) is 20.0. The Morgan fingerprint density at radius 2 is 1.58 bits per heavy atom. The second-order valence-electron chi connectivity index (χ2n) is 5.70. The number of halogens is 2. The van der Waals surface area contributed by atoms with Crippen LogP contribution in [0.25, 0.3) is 11.1 Å². The van der Waals surface area contributed by atoms with Crippen molar-refractivity contribution < 1.29 is 13.9 Å². The highest BCUT2D eigenvalue weighted by Gasteiger charge is 2.10. The Kier molecular flexibility index (Phi) is 6.10. The largest absolute Gasteiger partial charge is 0.488 e. The zero-order valence-electron chi connectivity index (χ0n) is 14.1. The minimum atomic E-state index is -0.459. The molecule has 0 spiro atoms. The number of hydrogen-bond acceptors (Lipinski definition) is 3. The molecule has 0 unspecified atom stereocenters. The van der Waals surface area contributed by atoms with Crippen molar-refractivity contribution in [3.8, 4) is 22.6 Å².